The van der Waals surface area contributed by atoms with Crippen LogP contribution >= 0.6 is 0 Å². The van der Waals surface area contributed by atoms with Crippen molar-refractivity contribution in [2.75, 3.05) is 12.4 Å². The van der Waals surface area contributed by atoms with Crippen LogP contribution in [0.15, 0.2) is 43.0 Å². The molecule has 0 aliphatic heterocycles. The molecule has 6 nitrogen and oxygen atoms in total. The van der Waals surface area contributed by atoms with Crippen LogP contribution in [0.3, 0.4) is 0 Å². The van der Waals surface area contributed by atoms with Gasteiger partial charge >= 0.3 is 0 Å². The summed E-state index contributed by atoms with van der Waals surface area (Å²) in [5.74, 6) is 0.816. The maximum absolute atomic E-state index is 10.1. The molecular weight excluding hydrogens is 374 g/mol. The molecule has 0 saturated carbocycles. The number of aryl methyl sites for hydroxylation is 1. The van der Waals surface area contributed by atoms with E-state index >= 15 is 0 Å². The minimum absolute atomic E-state index is 0.532. The quantitative estimate of drug-likeness (QED) is 0.448. The number of aromatic nitrogens is 4. The summed E-state index contributed by atoms with van der Waals surface area (Å²) in [6.45, 7) is 12.0. The predicted molar refractivity (Wildman–Crippen MR) is 126 cm³/mol. The van der Waals surface area contributed by atoms with Gasteiger partial charge in [-0.05, 0) is 31.0 Å². The van der Waals surface area contributed by atoms with Crippen LogP contribution in [0, 0.1) is 6.92 Å². The number of nitrogens with zero attached hydrogens (tertiary/aromatic N) is 4. The first-order valence-electron chi connectivity index (χ1n) is 10.7. The molecule has 1 atom stereocenters. The van der Waals surface area contributed by atoms with Crippen LogP contribution in [-0.2, 0) is 0 Å². The van der Waals surface area contributed by atoms with Crippen LogP contribution in [0.2, 0.25) is 0 Å². The highest BCUT2D eigenvalue weighted by molar-refractivity contribution is 5.92. The first kappa shape index (κ1) is 23.3. The van der Waals surface area contributed by atoms with Gasteiger partial charge in [0, 0.05) is 54.4 Å². The van der Waals surface area contributed by atoms with Crippen LogP contribution in [0.25, 0.3) is 27.7 Å². The zero-order valence-corrected chi connectivity index (χ0v) is 19.1. The molecule has 0 aromatic carbocycles. The van der Waals surface area contributed by atoms with Gasteiger partial charge in [-0.25, -0.2) is 9.97 Å². The van der Waals surface area contributed by atoms with Crippen molar-refractivity contribution in [3.05, 3.63) is 54.2 Å². The summed E-state index contributed by atoms with van der Waals surface area (Å²) in [6, 6.07) is 6.07. The lowest BCUT2D eigenvalue weighted by Gasteiger charge is -2.13. The van der Waals surface area contributed by atoms with Gasteiger partial charge in [-0.15, -0.1) is 0 Å². The third-order valence-electron chi connectivity index (χ3n) is 4.76. The van der Waals surface area contributed by atoms with Gasteiger partial charge in [0.2, 0.25) is 0 Å². The molecule has 0 bridgehead atoms. The van der Waals surface area contributed by atoms with Crippen molar-refractivity contribution in [2.24, 2.45) is 0 Å². The molecule has 6 heteroatoms. The molecule has 2 N–H and O–H groups in total. The maximum Gasteiger partial charge on any atom is 0.145 e. The Morgan fingerprint density at radius 2 is 1.73 bits per heavy atom. The Morgan fingerprint density at radius 3 is 2.37 bits per heavy atom. The van der Waals surface area contributed by atoms with E-state index in [1.165, 1.54) is 0 Å². The van der Waals surface area contributed by atoms with E-state index < -0.39 is 6.10 Å². The largest absolute Gasteiger partial charge is 0.387 e. The minimum Gasteiger partial charge on any atom is -0.387 e. The van der Waals surface area contributed by atoms with Crippen molar-refractivity contribution in [1.82, 2.24) is 19.4 Å². The van der Waals surface area contributed by atoms with Crippen molar-refractivity contribution in [1.29, 1.82) is 0 Å². The number of fused-ring (bicyclic) bond motifs is 3. The summed E-state index contributed by atoms with van der Waals surface area (Å²) in [5.41, 5.74) is 5.70. The molecule has 0 aliphatic carbocycles. The third kappa shape index (κ3) is 4.44. The van der Waals surface area contributed by atoms with Gasteiger partial charge in [0.05, 0.1) is 17.3 Å². The molecule has 0 saturated heterocycles. The molecule has 0 amide bonds. The Morgan fingerprint density at radius 1 is 1.00 bits per heavy atom. The number of hydrogen-bond donors (Lipinski definition) is 2. The molecule has 160 valence electrons. The Kier molecular flexibility index (Phi) is 8.30. The zero-order valence-electron chi connectivity index (χ0n) is 19.1. The number of nitrogens with one attached hydrogen (secondary N) is 1. The van der Waals surface area contributed by atoms with Crippen molar-refractivity contribution in [2.45, 2.75) is 54.1 Å². The summed E-state index contributed by atoms with van der Waals surface area (Å²) in [5, 5.41) is 14.2. The van der Waals surface area contributed by atoms with Crippen molar-refractivity contribution in [3.63, 3.8) is 0 Å². The van der Waals surface area contributed by atoms with Crippen molar-refractivity contribution in [3.8, 4) is 11.1 Å². The number of pyridine rings is 3. The predicted octanol–water partition coefficient (Wildman–Crippen LogP) is 5.79. The lowest BCUT2D eigenvalue weighted by Crippen LogP contribution is -2.01. The molecular formula is C24H33N5O. The Labute approximate surface area is 179 Å². The smallest absolute Gasteiger partial charge is 0.145 e. The highest BCUT2D eigenvalue weighted by Crippen LogP contribution is 2.32. The van der Waals surface area contributed by atoms with Crippen LogP contribution in [0.5, 0.6) is 0 Å². The molecule has 4 heterocycles. The first-order valence-corrected chi connectivity index (χ1v) is 10.7. The average molecular weight is 408 g/mol. The summed E-state index contributed by atoms with van der Waals surface area (Å²) in [6.07, 6.45) is 7.56. The number of aliphatic hydroxyl groups excluding tert-OH is 1. The molecule has 0 spiro atoms. The number of imidazole rings is 1. The number of hydrogen-bond acceptors (Lipinski definition) is 5. The number of aliphatic hydroxyl groups is 1. The van der Waals surface area contributed by atoms with Gasteiger partial charge in [0.1, 0.15) is 11.5 Å². The molecule has 4 rings (SSSR count). The van der Waals surface area contributed by atoms with E-state index in [9.17, 15) is 5.11 Å². The fourth-order valence-corrected chi connectivity index (χ4v) is 3.28. The summed E-state index contributed by atoms with van der Waals surface area (Å²) in [4.78, 5) is 13.5. The molecule has 0 radical (unpaired) electrons. The molecule has 4 aromatic heterocycles. The summed E-state index contributed by atoms with van der Waals surface area (Å²) < 4.78 is 2.07. The van der Waals surface area contributed by atoms with Crippen molar-refractivity contribution >= 4 is 22.4 Å². The van der Waals surface area contributed by atoms with Crippen LogP contribution in [-0.4, -0.2) is 31.5 Å². The molecule has 1 unspecified atom stereocenters. The fourth-order valence-electron chi connectivity index (χ4n) is 3.28. The topological polar surface area (TPSA) is 75.3 Å². The molecule has 30 heavy (non-hydrogen) atoms. The fraction of sp³-hybridized carbons (Fsp3) is 0.375. The molecule has 0 aliphatic rings. The third-order valence-corrected chi connectivity index (χ3v) is 4.76. The Bertz CT molecular complexity index is 1100. The van der Waals surface area contributed by atoms with E-state index in [1.54, 1.807) is 6.20 Å². The van der Waals surface area contributed by atoms with Crippen molar-refractivity contribution < 1.29 is 5.11 Å². The second-order valence-electron chi connectivity index (χ2n) is 6.41. The van der Waals surface area contributed by atoms with E-state index in [0.29, 0.717) is 12.1 Å². The number of rotatable bonds is 4. The standard InChI is InChI=1S/C20H21N5O.2C2H6/c1-4-18(26)16-7-12(2)15(11-23-16)14-8-13-10-24-19(21-3)9-17(13)25-6-5-22-20(14)25;2*1-2/h5-11,18,26H,4H2,1-3H3,(H,21,24);2*1-2H3. The van der Waals surface area contributed by atoms with Crippen LogP contribution in [0.4, 0.5) is 5.82 Å². The van der Waals surface area contributed by atoms with E-state index in [0.717, 1.165) is 39.1 Å². The zero-order chi connectivity index (χ0) is 22.3. The van der Waals surface area contributed by atoms with E-state index in [2.05, 4.69) is 30.7 Å². The average Bonchev–Trinajstić information content (AvgIpc) is 3.31. The van der Waals surface area contributed by atoms with Gasteiger partial charge in [-0.1, -0.05) is 34.6 Å². The summed E-state index contributed by atoms with van der Waals surface area (Å²) >= 11 is 0. The van der Waals surface area contributed by atoms with E-state index in [1.807, 2.05) is 79.3 Å². The normalized spacial score (nSPS) is 11.3. The SMILES string of the molecule is CC.CC.CCC(O)c1cc(C)c(-c2cc3cnc(NC)cc3n3ccnc23)cn1. The highest BCUT2D eigenvalue weighted by Gasteiger charge is 2.15. The molecule has 0 fully saturated rings. The Hall–Kier alpha value is -2.99. The first-order chi connectivity index (χ1) is 14.6. The second-order valence-corrected chi connectivity index (χ2v) is 6.41. The highest BCUT2D eigenvalue weighted by atomic mass is 16.3. The van der Waals surface area contributed by atoms with E-state index in [4.69, 9.17) is 0 Å². The van der Waals surface area contributed by atoms with Crippen LogP contribution in [0.1, 0.15) is 58.4 Å². The lowest BCUT2D eigenvalue weighted by molar-refractivity contribution is 0.169. The Balaban J connectivity index is 0.000000757. The minimum atomic E-state index is -0.532. The van der Waals surface area contributed by atoms with E-state index in [-0.39, 0.29) is 0 Å². The number of anilines is 1. The van der Waals surface area contributed by atoms with Gasteiger partial charge in [-0.2, -0.15) is 0 Å². The monoisotopic (exact) mass is 407 g/mol. The maximum atomic E-state index is 10.1. The van der Waals surface area contributed by atoms with Gasteiger partial charge in [0.15, 0.2) is 0 Å². The van der Waals surface area contributed by atoms with Gasteiger partial charge in [0.25, 0.3) is 0 Å². The van der Waals surface area contributed by atoms with Crippen LogP contribution < -0.4 is 5.32 Å². The van der Waals surface area contributed by atoms with Gasteiger partial charge < -0.3 is 10.4 Å². The lowest BCUT2D eigenvalue weighted by atomic mass is 10.0. The van der Waals surface area contributed by atoms with Gasteiger partial charge in [-0.3, -0.25) is 9.38 Å². The summed E-state index contributed by atoms with van der Waals surface area (Å²) in [7, 11) is 1.86. The second kappa shape index (κ2) is 10.7. The molecule has 4 aromatic rings.